The highest BCUT2D eigenvalue weighted by molar-refractivity contribution is 5.99. The predicted molar refractivity (Wildman–Crippen MR) is 143 cm³/mol. The highest BCUT2D eigenvalue weighted by Crippen LogP contribution is 2.26. The number of carbonyl (C=O) groups is 3. The number of aryl methyl sites for hydroxylation is 1. The minimum absolute atomic E-state index is 0.160. The Labute approximate surface area is 221 Å². The second kappa shape index (κ2) is 11.9. The van der Waals surface area contributed by atoms with Gasteiger partial charge in [0.25, 0.3) is 5.91 Å². The van der Waals surface area contributed by atoms with Crippen LogP contribution in [0.2, 0.25) is 0 Å². The van der Waals surface area contributed by atoms with Gasteiger partial charge in [0, 0.05) is 43.2 Å². The molecule has 0 spiro atoms. The number of nitrogen functional groups attached to an aromatic ring is 1. The van der Waals surface area contributed by atoms with Gasteiger partial charge in [0.2, 0.25) is 11.8 Å². The highest BCUT2D eigenvalue weighted by atomic mass is 16.5. The van der Waals surface area contributed by atoms with Crippen LogP contribution in [0.4, 0.5) is 11.5 Å². The topological polar surface area (TPSA) is 153 Å². The van der Waals surface area contributed by atoms with Crippen LogP contribution < -0.4 is 21.7 Å². The highest BCUT2D eigenvalue weighted by Gasteiger charge is 2.30. The summed E-state index contributed by atoms with van der Waals surface area (Å²) in [7, 11) is 1.82. The zero-order chi connectivity index (χ0) is 27.2. The van der Waals surface area contributed by atoms with Gasteiger partial charge in [-0.15, -0.1) is 0 Å². The van der Waals surface area contributed by atoms with Crippen LogP contribution in [0.25, 0.3) is 11.1 Å². The number of nitrogens with zero attached hydrogens (tertiary/aromatic N) is 3. The van der Waals surface area contributed by atoms with Crippen molar-refractivity contribution in [1.29, 1.82) is 0 Å². The number of pyridine rings is 1. The minimum Gasteiger partial charge on any atom is -0.383 e. The summed E-state index contributed by atoms with van der Waals surface area (Å²) >= 11 is 0. The Hall–Kier alpha value is -4.25. The molecule has 5 N–H and O–H groups in total. The summed E-state index contributed by atoms with van der Waals surface area (Å²) in [6.45, 7) is 3.31. The molecule has 1 unspecified atom stereocenters. The van der Waals surface area contributed by atoms with Gasteiger partial charge in [-0.3, -0.25) is 19.1 Å². The van der Waals surface area contributed by atoms with E-state index in [0.717, 1.165) is 36.0 Å². The largest absolute Gasteiger partial charge is 0.383 e. The van der Waals surface area contributed by atoms with E-state index in [1.54, 1.807) is 36.1 Å². The van der Waals surface area contributed by atoms with Crippen LogP contribution in [0.15, 0.2) is 48.9 Å². The third-order valence-corrected chi connectivity index (χ3v) is 6.44. The third kappa shape index (κ3) is 6.74. The van der Waals surface area contributed by atoms with Crippen LogP contribution in [-0.4, -0.2) is 50.7 Å². The molecule has 1 aliphatic rings. The number of aromatic nitrogens is 3. The van der Waals surface area contributed by atoms with Crippen molar-refractivity contribution in [3.8, 4) is 11.1 Å². The van der Waals surface area contributed by atoms with Gasteiger partial charge in [0.1, 0.15) is 11.9 Å². The average molecular weight is 520 g/mol. The number of nitrogens with two attached hydrogens (primary N) is 1. The molecule has 200 valence electrons. The molecule has 1 fully saturated rings. The van der Waals surface area contributed by atoms with Crippen LogP contribution in [-0.2, 0) is 28.0 Å². The first-order valence-corrected chi connectivity index (χ1v) is 12.5. The minimum atomic E-state index is -0.649. The second-order valence-corrected chi connectivity index (χ2v) is 9.53. The summed E-state index contributed by atoms with van der Waals surface area (Å²) in [6.07, 6.45) is 7.56. The Bertz CT molecular complexity index is 1320. The standard InChI is InChI=1S/C27H33N7O4/c1-16(31-17(2)35)26(36)32-21-7-4-6-18(10-21)15-38-24-9-5-8-23(24)33-27(37)22-11-19(12-29-25(22)28)20-13-30-34(3)14-20/h4,6-7,10-14,16,23-24H,5,8-9,15H2,1-3H3,(H2,28,29)(H,31,35)(H,32,36)(H,33,37)/t16?,23-,24-/m0/s1. The Morgan fingerprint density at radius 2 is 2.00 bits per heavy atom. The molecule has 1 aliphatic carbocycles. The predicted octanol–water partition coefficient (Wildman–Crippen LogP) is 2.40. The summed E-state index contributed by atoms with van der Waals surface area (Å²) in [5.41, 5.74) is 9.44. The van der Waals surface area contributed by atoms with Crippen LogP contribution in [0.3, 0.4) is 0 Å². The summed E-state index contributed by atoms with van der Waals surface area (Å²) < 4.78 is 7.86. The second-order valence-electron chi connectivity index (χ2n) is 9.53. The third-order valence-electron chi connectivity index (χ3n) is 6.44. The summed E-state index contributed by atoms with van der Waals surface area (Å²) in [6, 6.07) is 8.26. The number of carbonyl (C=O) groups excluding carboxylic acids is 3. The van der Waals surface area contributed by atoms with Gasteiger partial charge < -0.3 is 26.4 Å². The zero-order valence-electron chi connectivity index (χ0n) is 21.7. The molecule has 3 atom stereocenters. The molecule has 3 amide bonds. The molecule has 0 saturated heterocycles. The maximum Gasteiger partial charge on any atom is 0.255 e. The lowest BCUT2D eigenvalue weighted by molar-refractivity contribution is -0.124. The first kappa shape index (κ1) is 26.8. The number of anilines is 2. The summed E-state index contributed by atoms with van der Waals surface area (Å²) in [5.74, 6) is -0.706. The Balaban J connectivity index is 1.36. The molecule has 11 heteroatoms. The molecule has 0 radical (unpaired) electrons. The first-order valence-electron chi connectivity index (χ1n) is 12.5. The molecule has 11 nitrogen and oxygen atoms in total. The smallest absolute Gasteiger partial charge is 0.255 e. The van der Waals surface area contributed by atoms with Crippen molar-refractivity contribution in [2.45, 2.75) is 57.9 Å². The van der Waals surface area contributed by atoms with Crippen molar-refractivity contribution in [3.05, 3.63) is 60.0 Å². The van der Waals surface area contributed by atoms with Gasteiger partial charge in [-0.1, -0.05) is 12.1 Å². The van der Waals surface area contributed by atoms with Crippen molar-refractivity contribution in [2.24, 2.45) is 7.05 Å². The number of rotatable bonds is 9. The molecule has 1 aromatic carbocycles. The molecule has 3 aromatic rings. The van der Waals surface area contributed by atoms with E-state index >= 15 is 0 Å². The first-order chi connectivity index (χ1) is 18.2. The van der Waals surface area contributed by atoms with Crippen LogP contribution in [0, 0.1) is 0 Å². The van der Waals surface area contributed by atoms with Gasteiger partial charge in [-0.2, -0.15) is 5.10 Å². The Morgan fingerprint density at radius 1 is 1.18 bits per heavy atom. The summed E-state index contributed by atoms with van der Waals surface area (Å²) in [4.78, 5) is 40.8. The zero-order valence-corrected chi connectivity index (χ0v) is 21.7. The molecular formula is C27H33N7O4. The maximum atomic E-state index is 13.1. The lowest BCUT2D eigenvalue weighted by atomic mass is 10.1. The number of hydrogen-bond donors (Lipinski definition) is 4. The number of hydrogen-bond acceptors (Lipinski definition) is 7. The fraction of sp³-hybridized carbons (Fsp3) is 0.370. The molecular weight excluding hydrogens is 486 g/mol. The van der Waals surface area contributed by atoms with E-state index in [-0.39, 0.29) is 35.7 Å². The average Bonchev–Trinajstić information content (AvgIpc) is 3.51. The molecule has 38 heavy (non-hydrogen) atoms. The van der Waals surface area contributed by atoms with Crippen molar-refractivity contribution in [2.75, 3.05) is 11.1 Å². The maximum absolute atomic E-state index is 13.1. The Morgan fingerprint density at radius 3 is 2.74 bits per heavy atom. The lowest BCUT2D eigenvalue weighted by Crippen LogP contribution is -2.41. The van der Waals surface area contributed by atoms with E-state index in [1.165, 1.54) is 6.92 Å². The van der Waals surface area contributed by atoms with E-state index < -0.39 is 6.04 Å². The molecule has 4 rings (SSSR count). The van der Waals surface area contributed by atoms with Crippen LogP contribution in [0.1, 0.15) is 49.0 Å². The van der Waals surface area contributed by atoms with E-state index in [4.69, 9.17) is 10.5 Å². The van der Waals surface area contributed by atoms with Crippen molar-refractivity contribution < 1.29 is 19.1 Å². The molecule has 2 aromatic heterocycles. The number of nitrogens with one attached hydrogen (secondary N) is 3. The van der Waals surface area contributed by atoms with Crippen molar-refractivity contribution >= 4 is 29.2 Å². The van der Waals surface area contributed by atoms with Gasteiger partial charge in [0.15, 0.2) is 0 Å². The quantitative estimate of drug-likeness (QED) is 0.339. The van der Waals surface area contributed by atoms with Crippen LogP contribution in [0.5, 0.6) is 0 Å². The molecule has 0 bridgehead atoms. The Kier molecular flexibility index (Phi) is 8.37. The van der Waals surface area contributed by atoms with Crippen molar-refractivity contribution in [1.82, 2.24) is 25.4 Å². The van der Waals surface area contributed by atoms with E-state index in [1.807, 2.05) is 31.4 Å². The molecule has 1 saturated carbocycles. The monoisotopic (exact) mass is 519 g/mol. The number of amides is 3. The van der Waals surface area contributed by atoms with E-state index in [0.29, 0.717) is 17.9 Å². The number of benzene rings is 1. The normalized spacial score (nSPS) is 17.6. The fourth-order valence-electron chi connectivity index (χ4n) is 4.49. The van der Waals surface area contributed by atoms with Crippen LogP contribution >= 0.6 is 0 Å². The van der Waals surface area contributed by atoms with Crippen molar-refractivity contribution in [3.63, 3.8) is 0 Å². The summed E-state index contributed by atoms with van der Waals surface area (Å²) in [5, 5.41) is 12.6. The van der Waals surface area contributed by atoms with Gasteiger partial charge >= 0.3 is 0 Å². The van der Waals surface area contributed by atoms with E-state index in [2.05, 4.69) is 26.0 Å². The number of ether oxygens (including phenoxy) is 1. The van der Waals surface area contributed by atoms with E-state index in [9.17, 15) is 14.4 Å². The molecule has 2 heterocycles. The molecule has 0 aliphatic heterocycles. The SMILES string of the molecule is CC(=O)NC(C)C(=O)Nc1cccc(CO[C@H]2CCC[C@@H]2NC(=O)c2cc(-c3cnn(C)c3)cnc2N)c1. The van der Waals surface area contributed by atoms with Gasteiger partial charge in [0.05, 0.1) is 30.5 Å². The lowest BCUT2D eigenvalue weighted by Gasteiger charge is -2.22. The van der Waals surface area contributed by atoms with Gasteiger partial charge in [-0.25, -0.2) is 4.98 Å². The van der Waals surface area contributed by atoms with Gasteiger partial charge in [-0.05, 0) is 49.9 Å². The fourth-order valence-corrected chi connectivity index (χ4v) is 4.49.